The van der Waals surface area contributed by atoms with Gasteiger partial charge in [0.1, 0.15) is 0 Å². The highest BCUT2D eigenvalue weighted by atomic mass is 35.5. The minimum Gasteiger partial charge on any atom is -0.387 e. The molecule has 0 saturated heterocycles. The van der Waals surface area contributed by atoms with Crippen molar-refractivity contribution in [3.8, 4) is 0 Å². The van der Waals surface area contributed by atoms with E-state index in [-0.39, 0.29) is 6.54 Å². The van der Waals surface area contributed by atoms with Gasteiger partial charge >= 0.3 is 5.76 Å². The Morgan fingerprint density at radius 3 is 2.26 bits per heavy atom. The number of halogens is 3. The van der Waals surface area contributed by atoms with Gasteiger partial charge in [0.15, 0.2) is 0 Å². The second-order valence-corrected chi connectivity index (χ2v) is 7.07. The first-order chi connectivity index (χ1) is 10.8. The Labute approximate surface area is 137 Å². The van der Waals surface area contributed by atoms with E-state index in [4.69, 9.17) is 11.6 Å². The fourth-order valence-corrected chi connectivity index (χ4v) is 2.92. The summed E-state index contributed by atoms with van der Waals surface area (Å²) < 4.78 is 47.5. The molecule has 1 atom stereocenters. The van der Waals surface area contributed by atoms with Crippen molar-refractivity contribution in [2.24, 2.45) is 0 Å². The smallest absolute Gasteiger partial charge is 0.341 e. The first-order valence-corrected chi connectivity index (χ1v) is 8.53. The number of anilines is 1. The molecule has 0 fully saturated rings. The van der Waals surface area contributed by atoms with Crippen LogP contribution in [0.15, 0.2) is 53.4 Å². The van der Waals surface area contributed by atoms with Gasteiger partial charge in [0.2, 0.25) is 9.84 Å². The fourth-order valence-electron chi connectivity index (χ4n) is 1.94. The van der Waals surface area contributed by atoms with Crippen molar-refractivity contribution in [1.82, 2.24) is 0 Å². The summed E-state index contributed by atoms with van der Waals surface area (Å²) in [5, 5.41) is 13.4. The molecular weight excluding hydrogens is 348 g/mol. The minimum atomic E-state index is -4.60. The van der Waals surface area contributed by atoms with E-state index in [9.17, 15) is 22.3 Å². The van der Waals surface area contributed by atoms with Crippen LogP contribution >= 0.6 is 11.6 Å². The van der Waals surface area contributed by atoms with Gasteiger partial charge in [-0.05, 0) is 30.3 Å². The molecule has 0 aromatic heterocycles. The Morgan fingerprint density at radius 1 is 1.09 bits per heavy atom. The van der Waals surface area contributed by atoms with Crippen molar-refractivity contribution in [3.05, 3.63) is 59.1 Å². The van der Waals surface area contributed by atoms with E-state index in [0.717, 1.165) is 12.1 Å². The van der Waals surface area contributed by atoms with Gasteiger partial charge in [0.25, 0.3) is 0 Å². The molecule has 2 rings (SSSR count). The number of sulfone groups is 1. The fraction of sp³-hybridized carbons (Fsp3) is 0.200. The van der Waals surface area contributed by atoms with Gasteiger partial charge in [-0.1, -0.05) is 29.8 Å². The second-order valence-electron chi connectivity index (χ2n) is 4.75. The van der Waals surface area contributed by atoms with Gasteiger partial charge < -0.3 is 10.4 Å². The molecule has 0 heterocycles. The van der Waals surface area contributed by atoms with Crippen molar-refractivity contribution in [3.63, 3.8) is 0 Å². The maximum atomic E-state index is 12.4. The number of aliphatic hydroxyl groups excluding tert-OH is 1. The van der Waals surface area contributed by atoms with E-state index >= 15 is 0 Å². The Hall–Kier alpha value is -1.70. The lowest BCUT2D eigenvalue weighted by Crippen LogP contribution is -2.13. The molecule has 23 heavy (non-hydrogen) atoms. The van der Waals surface area contributed by atoms with E-state index in [1.54, 1.807) is 24.3 Å². The van der Waals surface area contributed by atoms with Crippen molar-refractivity contribution >= 4 is 27.1 Å². The minimum absolute atomic E-state index is 0.130. The lowest BCUT2D eigenvalue weighted by atomic mass is 10.1. The Balaban J connectivity index is 2.04. The Kier molecular flexibility index (Phi) is 5.56. The van der Waals surface area contributed by atoms with Gasteiger partial charge in [0.05, 0.1) is 11.0 Å². The zero-order chi connectivity index (χ0) is 17.0. The summed E-state index contributed by atoms with van der Waals surface area (Å²) in [7, 11) is -4.60. The molecule has 4 nitrogen and oxygen atoms in total. The monoisotopic (exact) mass is 361 g/mol. The van der Waals surface area contributed by atoms with Crippen LogP contribution < -0.4 is 5.32 Å². The molecule has 0 radical (unpaired) electrons. The first-order valence-electron chi connectivity index (χ1n) is 6.61. The third-order valence-electron chi connectivity index (χ3n) is 3.18. The number of hydrogen-bond donors (Lipinski definition) is 2. The van der Waals surface area contributed by atoms with Crippen molar-refractivity contribution < 1.29 is 22.3 Å². The number of nitrogens with one attached hydrogen (secondary N) is 1. The molecule has 2 aromatic carbocycles. The average molecular weight is 362 g/mol. The van der Waals surface area contributed by atoms with E-state index in [2.05, 4.69) is 5.32 Å². The summed E-state index contributed by atoms with van der Waals surface area (Å²) in [4.78, 5) is -0.454. The SMILES string of the molecule is O=S(=O)(c1ccc(NCC(O)c2ccccc2Cl)cc1)C(F)F. The van der Waals surface area contributed by atoms with Crippen LogP contribution in [0.4, 0.5) is 14.5 Å². The van der Waals surface area contributed by atoms with Gasteiger partial charge in [0, 0.05) is 22.8 Å². The topological polar surface area (TPSA) is 66.4 Å². The highest BCUT2D eigenvalue weighted by molar-refractivity contribution is 7.91. The van der Waals surface area contributed by atoms with E-state index in [1.165, 1.54) is 12.1 Å². The molecule has 0 bridgehead atoms. The maximum absolute atomic E-state index is 12.4. The molecular formula is C15H14ClF2NO3S. The van der Waals surface area contributed by atoms with Crippen LogP contribution in [0, 0.1) is 0 Å². The zero-order valence-electron chi connectivity index (χ0n) is 11.8. The molecule has 0 aliphatic carbocycles. The zero-order valence-corrected chi connectivity index (χ0v) is 13.4. The van der Waals surface area contributed by atoms with E-state index < -0.39 is 26.6 Å². The molecule has 8 heteroatoms. The van der Waals surface area contributed by atoms with Gasteiger partial charge in [-0.25, -0.2) is 8.42 Å². The third kappa shape index (κ3) is 4.19. The summed E-state index contributed by atoms with van der Waals surface area (Å²) in [6, 6.07) is 11.7. The average Bonchev–Trinajstić information content (AvgIpc) is 2.53. The molecule has 0 amide bonds. The van der Waals surface area contributed by atoms with E-state index in [1.807, 2.05) is 0 Å². The Morgan fingerprint density at radius 2 is 1.70 bits per heavy atom. The quantitative estimate of drug-likeness (QED) is 0.826. The van der Waals surface area contributed by atoms with Crippen LogP contribution in [0.2, 0.25) is 5.02 Å². The van der Waals surface area contributed by atoms with Crippen LogP contribution in [0.5, 0.6) is 0 Å². The number of rotatable bonds is 6. The molecule has 124 valence electrons. The maximum Gasteiger partial charge on any atom is 0.341 e. The van der Waals surface area contributed by atoms with Crippen LogP contribution in [-0.4, -0.2) is 25.8 Å². The first kappa shape index (κ1) is 17.7. The number of benzene rings is 2. The summed E-state index contributed by atoms with van der Waals surface area (Å²) >= 11 is 5.98. The van der Waals surface area contributed by atoms with Gasteiger partial charge in [-0.3, -0.25) is 0 Å². The number of hydrogen-bond acceptors (Lipinski definition) is 4. The molecule has 0 spiro atoms. The van der Waals surface area contributed by atoms with Crippen molar-refractivity contribution in [1.29, 1.82) is 0 Å². The van der Waals surface area contributed by atoms with Crippen LogP contribution in [0.1, 0.15) is 11.7 Å². The summed E-state index contributed by atoms with van der Waals surface area (Å²) in [6.45, 7) is 0.130. The van der Waals surface area contributed by atoms with Crippen molar-refractivity contribution in [2.75, 3.05) is 11.9 Å². The summed E-state index contributed by atoms with van der Waals surface area (Å²) in [5.74, 6) is -3.46. The Bertz CT molecular complexity index is 767. The highest BCUT2D eigenvalue weighted by Gasteiger charge is 2.26. The largest absolute Gasteiger partial charge is 0.387 e. The predicted molar refractivity (Wildman–Crippen MR) is 84.5 cm³/mol. The molecule has 2 aromatic rings. The van der Waals surface area contributed by atoms with Gasteiger partial charge in [-0.2, -0.15) is 8.78 Å². The number of alkyl halides is 2. The molecule has 0 saturated carbocycles. The number of aliphatic hydroxyl groups is 1. The summed E-state index contributed by atoms with van der Waals surface area (Å²) in [6.07, 6.45) is -0.867. The lowest BCUT2D eigenvalue weighted by molar-refractivity contribution is 0.192. The van der Waals surface area contributed by atoms with Crippen LogP contribution in [0.25, 0.3) is 0 Å². The lowest BCUT2D eigenvalue weighted by Gasteiger charge is -2.14. The third-order valence-corrected chi connectivity index (χ3v) is 4.92. The van der Waals surface area contributed by atoms with E-state index in [0.29, 0.717) is 16.3 Å². The molecule has 0 aliphatic rings. The normalized spacial score (nSPS) is 13.1. The van der Waals surface area contributed by atoms with Crippen LogP contribution in [-0.2, 0) is 9.84 Å². The molecule has 1 unspecified atom stereocenters. The second kappa shape index (κ2) is 7.25. The molecule has 0 aliphatic heterocycles. The highest BCUT2D eigenvalue weighted by Crippen LogP contribution is 2.24. The summed E-state index contributed by atoms with van der Waals surface area (Å²) in [5.41, 5.74) is 1.04. The van der Waals surface area contributed by atoms with Gasteiger partial charge in [-0.15, -0.1) is 0 Å². The van der Waals surface area contributed by atoms with Crippen LogP contribution in [0.3, 0.4) is 0 Å². The standard InChI is InChI=1S/C15H14ClF2NO3S/c16-13-4-2-1-3-12(13)14(20)9-19-10-5-7-11(8-6-10)23(21,22)15(17)18/h1-8,14-15,19-20H,9H2. The predicted octanol–water partition coefficient (Wildman–Crippen LogP) is 3.48. The van der Waals surface area contributed by atoms with Crippen molar-refractivity contribution in [2.45, 2.75) is 16.8 Å². The molecule has 2 N–H and O–H groups in total.